The first-order chi connectivity index (χ1) is 11.1. The van der Waals surface area contributed by atoms with Crippen molar-refractivity contribution in [1.29, 1.82) is 0 Å². The van der Waals surface area contributed by atoms with E-state index in [0.717, 1.165) is 18.6 Å². The smallest absolute Gasteiger partial charge is 0.276 e. The van der Waals surface area contributed by atoms with Gasteiger partial charge in [0, 0.05) is 25.3 Å². The largest absolute Gasteiger partial charge is 0.416 e. The van der Waals surface area contributed by atoms with Gasteiger partial charge >= 0.3 is 0 Å². The van der Waals surface area contributed by atoms with E-state index >= 15 is 0 Å². The van der Waals surface area contributed by atoms with Gasteiger partial charge in [0.05, 0.1) is 5.75 Å². The second kappa shape index (κ2) is 7.46. The number of sulfonamides is 1. The molecule has 1 aliphatic rings. The number of rotatable bonds is 7. The van der Waals surface area contributed by atoms with Crippen molar-refractivity contribution in [2.45, 2.75) is 30.2 Å². The van der Waals surface area contributed by atoms with Crippen LogP contribution in [-0.2, 0) is 22.2 Å². The van der Waals surface area contributed by atoms with E-state index in [-0.39, 0.29) is 12.2 Å². The van der Waals surface area contributed by atoms with Gasteiger partial charge in [-0.3, -0.25) is 0 Å². The van der Waals surface area contributed by atoms with E-state index in [4.69, 9.17) is 4.42 Å². The quantitative estimate of drug-likeness (QED) is 0.711. The molecule has 2 heterocycles. The van der Waals surface area contributed by atoms with Crippen LogP contribution < -0.4 is 0 Å². The van der Waals surface area contributed by atoms with Crippen molar-refractivity contribution in [2.75, 3.05) is 18.8 Å². The van der Waals surface area contributed by atoms with Crippen LogP contribution in [0.25, 0.3) is 0 Å². The second-order valence-corrected chi connectivity index (χ2v) is 8.42. The fourth-order valence-corrected chi connectivity index (χ4v) is 4.67. The van der Waals surface area contributed by atoms with Crippen LogP contribution in [0, 0.1) is 0 Å². The molecule has 0 radical (unpaired) electrons. The predicted octanol–water partition coefficient (Wildman–Crippen LogP) is 2.33. The number of aryl methyl sites for hydroxylation is 1. The molecule has 1 aromatic carbocycles. The molecule has 3 rings (SSSR count). The minimum absolute atomic E-state index is 0.0258. The molecule has 0 aliphatic carbocycles. The van der Waals surface area contributed by atoms with Crippen LogP contribution in [-0.4, -0.2) is 41.8 Å². The van der Waals surface area contributed by atoms with E-state index in [1.807, 2.05) is 30.3 Å². The normalized spacial score (nSPS) is 16.0. The lowest BCUT2D eigenvalue weighted by Crippen LogP contribution is -2.30. The van der Waals surface area contributed by atoms with Gasteiger partial charge in [-0.25, -0.2) is 12.7 Å². The third-order valence-corrected chi connectivity index (χ3v) is 6.45. The average Bonchev–Trinajstić information content (AvgIpc) is 3.24. The maximum Gasteiger partial charge on any atom is 0.276 e. The zero-order valence-electron chi connectivity index (χ0n) is 12.7. The standard InChI is InChI=1S/C15H19N3O3S2/c19-23(20,18-9-4-5-10-18)11-8-14-16-17-15(21-14)22-12-13-6-2-1-3-7-13/h1-3,6-7H,4-5,8-12H2. The molecule has 0 N–H and O–H groups in total. The molecule has 0 spiro atoms. The second-order valence-electron chi connectivity index (χ2n) is 5.41. The highest BCUT2D eigenvalue weighted by atomic mass is 32.2. The summed E-state index contributed by atoms with van der Waals surface area (Å²) in [4.78, 5) is 0. The Bertz CT molecular complexity index is 725. The van der Waals surface area contributed by atoms with E-state index < -0.39 is 10.0 Å². The first-order valence-electron chi connectivity index (χ1n) is 7.60. The van der Waals surface area contributed by atoms with Gasteiger partial charge in [0.2, 0.25) is 15.9 Å². The summed E-state index contributed by atoms with van der Waals surface area (Å²) in [5, 5.41) is 8.38. The van der Waals surface area contributed by atoms with Gasteiger partial charge < -0.3 is 4.42 Å². The average molecular weight is 353 g/mol. The van der Waals surface area contributed by atoms with Gasteiger partial charge in [0.15, 0.2) is 0 Å². The molecular formula is C15H19N3O3S2. The van der Waals surface area contributed by atoms with Crippen molar-refractivity contribution in [1.82, 2.24) is 14.5 Å². The van der Waals surface area contributed by atoms with E-state index in [2.05, 4.69) is 10.2 Å². The Morgan fingerprint density at radius 3 is 2.61 bits per heavy atom. The molecule has 1 aliphatic heterocycles. The maximum absolute atomic E-state index is 12.2. The van der Waals surface area contributed by atoms with Crippen molar-refractivity contribution in [3.63, 3.8) is 0 Å². The Kier molecular flexibility index (Phi) is 5.34. The van der Waals surface area contributed by atoms with Gasteiger partial charge in [-0.2, -0.15) is 0 Å². The number of thioether (sulfide) groups is 1. The van der Waals surface area contributed by atoms with E-state index in [9.17, 15) is 8.42 Å². The van der Waals surface area contributed by atoms with Crippen LogP contribution in [0.5, 0.6) is 0 Å². The lowest BCUT2D eigenvalue weighted by molar-refractivity contribution is 0.414. The minimum atomic E-state index is -3.21. The Morgan fingerprint density at radius 2 is 1.87 bits per heavy atom. The summed E-state index contributed by atoms with van der Waals surface area (Å²) >= 11 is 1.45. The number of hydrogen-bond donors (Lipinski definition) is 0. The molecule has 23 heavy (non-hydrogen) atoms. The zero-order valence-corrected chi connectivity index (χ0v) is 14.4. The monoisotopic (exact) mass is 353 g/mol. The highest BCUT2D eigenvalue weighted by Crippen LogP contribution is 2.22. The van der Waals surface area contributed by atoms with Crippen LogP contribution >= 0.6 is 11.8 Å². The van der Waals surface area contributed by atoms with Crippen LogP contribution in [0.1, 0.15) is 24.3 Å². The zero-order chi connectivity index (χ0) is 16.1. The van der Waals surface area contributed by atoms with E-state index in [0.29, 0.717) is 24.2 Å². The molecule has 1 aromatic heterocycles. The fourth-order valence-electron chi connectivity index (χ4n) is 2.43. The molecule has 124 valence electrons. The molecule has 0 amide bonds. The summed E-state index contributed by atoms with van der Waals surface area (Å²) in [7, 11) is -3.21. The highest BCUT2D eigenvalue weighted by molar-refractivity contribution is 7.98. The predicted molar refractivity (Wildman–Crippen MR) is 88.6 cm³/mol. The van der Waals surface area contributed by atoms with Crippen LogP contribution in [0.4, 0.5) is 0 Å². The Balaban J connectivity index is 1.51. The van der Waals surface area contributed by atoms with Crippen LogP contribution in [0.2, 0.25) is 0 Å². The SMILES string of the molecule is O=S(=O)(CCc1nnc(SCc2ccccc2)o1)N1CCCC1. The summed E-state index contributed by atoms with van der Waals surface area (Å²) in [6.07, 6.45) is 2.15. The van der Waals surface area contributed by atoms with Crippen molar-refractivity contribution in [3.8, 4) is 0 Å². The van der Waals surface area contributed by atoms with Gasteiger partial charge in [0.1, 0.15) is 0 Å². The Morgan fingerprint density at radius 1 is 1.13 bits per heavy atom. The highest BCUT2D eigenvalue weighted by Gasteiger charge is 2.25. The molecule has 1 saturated heterocycles. The fraction of sp³-hybridized carbons (Fsp3) is 0.467. The van der Waals surface area contributed by atoms with Crippen molar-refractivity contribution >= 4 is 21.8 Å². The first-order valence-corrected chi connectivity index (χ1v) is 10.2. The van der Waals surface area contributed by atoms with E-state index in [1.54, 1.807) is 4.31 Å². The maximum atomic E-state index is 12.2. The van der Waals surface area contributed by atoms with Crippen LogP contribution in [0.15, 0.2) is 40.0 Å². The van der Waals surface area contributed by atoms with Crippen molar-refractivity contribution < 1.29 is 12.8 Å². The molecule has 2 aromatic rings. The number of nitrogens with zero attached hydrogens (tertiary/aromatic N) is 3. The lowest BCUT2D eigenvalue weighted by atomic mass is 10.2. The topological polar surface area (TPSA) is 76.3 Å². The number of benzene rings is 1. The summed E-state index contributed by atoms with van der Waals surface area (Å²) in [6, 6.07) is 10.0. The molecule has 0 bridgehead atoms. The van der Waals surface area contributed by atoms with Gasteiger partial charge in [0.25, 0.3) is 5.22 Å². The van der Waals surface area contributed by atoms with E-state index in [1.165, 1.54) is 17.3 Å². The molecular weight excluding hydrogens is 334 g/mol. The minimum Gasteiger partial charge on any atom is -0.416 e. The molecule has 1 fully saturated rings. The summed E-state index contributed by atoms with van der Waals surface area (Å²) in [5.74, 6) is 1.15. The van der Waals surface area contributed by atoms with Gasteiger partial charge in [-0.15, -0.1) is 10.2 Å². The first kappa shape index (κ1) is 16.5. The van der Waals surface area contributed by atoms with Gasteiger partial charge in [-0.05, 0) is 18.4 Å². The van der Waals surface area contributed by atoms with Crippen molar-refractivity contribution in [2.24, 2.45) is 0 Å². The number of aromatic nitrogens is 2. The Hall–Kier alpha value is -1.38. The molecule has 8 heteroatoms. The van der Waals surface area contributed by atoms with Crippen LogP contribution in [0.3, 0.4) is 0 Å². The summed E-state index contributed by atoms with van der Waals surface area (Å²) in [5.41, 5.74) is 1.17. The van der Waals surface area contributed by atoms with Gasteiger partial charge in [-0.1, -0.05) is 42.1 Å². The van der Waals surface area contributed by atoms with Crippen molar-refractivity contribution in [3.05, 3.63) is 41.8 Å². The molecule has 0 atom stereocenters. The lowest BCUT2D eigenvalue weighted by Gasteiger charge is -2.14. The number of hydrogen-bond acceptors (Lipinski definition) is 6. The third kappa shape index (κ3) is 4.55. The molecule has 0 saturated carbocycles. The summed E-state index contributed by atoms with van der Waals surface area (Å²) < 4.78 is 31.4. The summed E-state index contributed by atoms with van der Waals surface area (Å²) in [6.45, 7) is 1.26. The molecule has 6 nitrogen and oxygen atoms in total. The Labute approximate surface area is 140 Å². The third-order valence-electron chi connectivity index (χ3n) is 3.69. The molecule has 0 unspecified atom stereocenters.